The summed E-state index contributed by atoms with van der Waals surface area (Å²) in [5.41, 5.74) is 10.0. The molecule has 0 aromatic heterocycles. The number of aryl methyl sites for hydroxylation is 2. The number of fused-ring (bicyclic) bond motifs is 1. The number of methoxy groups -OCH3 is 1. The Balaban J connectivity index is 1.43. The smallest absolute Gasteiger partial charge is 0.209 e. The molecule has 2 atom stereocenters. The number of hydrogen-bond donors (Lipinski definition) is 0. The van der Waals surface area contributed by atoms with E-state index in [1.165, 1.54) is 80.6 Å². The van der Waals surface area contributed by atoms with Crippen molar-refractivity contribution in [3.8, 4) is 5.75 Å². The second kappa shape index (κ2) is 8.45. The van der Waals surface area contributed by atoms with Crippen molar-refractivity contribution in [1.82, 2.24) is 0 Å². The zero-order chi connectivity index (χ0) is 23.3. The Morgan fingerprint density at radius 2 is 1.79 bits per heavy atom. The predicted molar refractivity (Wildman–Crippen MR) is 142 cm³/mol. The Bertz CT molecular complexity index is 1190. The van der Waals surface area contributed by atoms with Crippen LogP contribution < -0.4 is 9.64 Å². The largest absolute Gasteiger partial charge is 0.497 e. The zero-order valence-corrected chi connectivity index (χ0v) is 20.9. The average molecular weight is 454 g/mol. The van der Waals surface area contributed by atoms with E-state index in [9.17, 15) is 0 Å². The first-order chi connectivity index (χ1) is 16.6. The van der Waals surface area contributed by atoms with Crippen LogP contribution in [0.5, 0.6) is 5.75 Å². The first-order valence-electron chi connectivity index (χ1n) is 13.1. The summed E-state index contributed by atoms with van der Waals surface area (Å²) in [6, 6.07) is 11.5. The maximum absolute atomic E-state index is 5.64. The molecule has 1 aliphatic carbocycles. The maximum atomic E-state index is 5.64. The normalized spacial score (nSPS) is 25.6. The third kappa shape index (κ3) is 3.35. The molecule has 34 heavy (non-hydrogen) atoms. The van der Waals surface area contributed by atoms with Crippen molar-refractivity contribution in [3.63, 3.8) is 0 Å². The molecule has 0 amide bonds. The van der Waals surface area contributed by atoms with Crippen molar-refractivity contribution in [2.75, 3.05) is 32.1 Å². The van der Waals surface area contributed by atoms with Crippen LogP contribution >= 0.6 is 0 Å². The molecule has 176 valence electrons. The van der Waals surface area contributed by atoms with E-state index in [0.717, 1.165) is 5.75 Å². The number of allylic oxidation sites excluding steroid dienone is 3. The van der Waals surface area contributed by atoms with Gasteiger partial charge in [0.05, 0.1) is 12.5 Å². The average Bonchev–Trinajstić information content (AvgIpc) is 3.10. The van der Waals surface area contributed by atoms with Crippen LogP contribution in [0.25, 0.3) is 6.08 Å². The van der Waals surface area contributed by atoms with E-state index in [1.807, 2.05) is 0 Å². The van der Waals surface area contributed by atoms with Gasteiger partial charge >= 0.3 is 0 Å². The molecule has 0 fully saturated rings. The molecule has 0 spiro atoms. The molecule has 4 aliphatic rings. The number of nitrogens with zero attached hydrogens (tertiary/aromatic N) is 2. The second-order valence-corrected chi connectivity index (χ2v) is 10.7. The third-order valence-corrected chi connectivity index (χ3v) is 8.80. The fourth-order valence-electron chi connectivity index (χ4n) is 7.04. The molecule has 2 aromatic rings. The molecular formula is C31H37N2O+. The van der Waals surface area contributed by atoms with Gasteiger partial charge in [0.1, 0.15) is 12.8 Å². The first kappa shape index (κ1) is 21.7. The Morgan fingerprint density at radius 3 is 2.47 bits per heavy atom. The second-order valence-electron chi connectivity index (χ2n) is 10.7. The fourth-order valence-corrected chi connectivity index (χ4v) is 7.04. The lowest BCUT2D eigenvalue weighted by molar-refractivity contribution is -0.401. The van der Waals surface area contributed by atoms with Crippen LogP contribution in [0, 0.1) is 5.92 Å². The zero-order valence-electron chi connectivity index (χ0n) is 20.9. The quantitative estimate of drug-likeness (QED) is 0.390. The Morgan fingerprint density at radius 1 is 1.03 bits per heavy atom. The molecule has 2 unspecified atom stereocenters. The van der Waals surface area contributed by atoms with Crippen LogP contribution in [-0.4, -0.2) is 37.5 Å². The van der Waals surface area contributed by atoms with Gasteiger partial charge < -0.3 is 9.64 Å². The van der Waals surface area contributed by atoms with E-state index in [0.29, 0.717) is 5.92 Å². The van der Waals surface area contributed by atoms with Gasteiger partial charge in [-0.2, -0.15) is 4.58 Å². The Hall–Kier alpha value is -2.81. The van der Waals surface area contributed by atoms with Crippen LogP contribution in [0.4, 0.5) is 11.4 Å². The molecule has 0 bridgehead atoms. The number of hydrogen-bond acceptors (Lipinski definition) is 2. The summed E-state index contributed by atoms with van der Waals surface area (Å²) in [6.07, 6.45) is 18.3. The predicted octanol–water partition coefficient (Wildman–Crippen LogP) is 6.45. The van der Waals surface area contributed by atoms with Gasteiger partial charge in [-0.05, 0) is 105 Å². The monoisotopic (exact) mass is 453 g/mol. The van der Waals surface area contributed by atoms with E-state index in [2.05, 4.69) is 78.1 Å². The summed E-state index contributed by atoms with van der Waals surface area (Å²) in [5, 5.41) is 0. The van der Waals surface area contributed by atoms with E-state index in [1.54, 1.807) is 23.9 Å². The molecular weight excluding hydrogens is 416 g/mol. The highest BCUT2D eigenvalue weighted by Gasteiger charge is 2.51. The maximum Gasteiger partial charge on any atom is 0.209 e. The molecule has 0 radical (unpaired) electrons. The molecule has 2 aromatic carbocycles. The molecule has 6 rings (SSSR count). The highest BCUT2D eigenvalue weighted by Crippen LogP contribution is 2.49. The van der Waals surface area contributed by atoms with Gasteiger partial charge in [0, 0.05) is 36.5 Å². The van der Waals surface area contributed by atoms with Crippen molar-refractivity contribution in [1.29, 1.82) is 0 Å². The van der Waals surface area contributed by atoms with Crippen molar-refractivity contribution in [3.05, 3.63) is 70.8 Å². The minimum atomic E-state index is -0.0642. The van der Waals surface area contributed by atoms with Crippen molar-refractivity contribution < 1.29 is 9.31 Å². The van der Waals surface area contributed by atoms with E-state index in [4.69, 9.17) is 4.74 Å². The van der Waals surface area contributed by atoms with E-state index < -0.39 is 0 Å². The van der Waals surface area contributed by atoms with Gasteiger partial charge in [-0.3, -0.25) is 0 Å². The summed E-state index contributed by atoms with van der Waals surface area (Å²) in [4.78, 5) is 2.63. The van der Waals surface area contributed by atoms with Gasteiger partial charge in [0.25, 0.3) is 0 Å². The lowest BCUT2D eigenvalue weighted by Crippen LogP contribution is -2.38. The topological polar surface area (TPSA) is 15.5 Å². The van der Waals surface area contributed by atoms with Gasteiger partial charge in [0.2, 0.25) is 5.69 Å². The summed E-state index contributed by atoms with van der Waals surface area (Å²) in [7, 11) is 4.00. The summed E-state index contributed by atoms with van der Waals surface area (Å²) < 4.78 is 8.06. The molecule has 0 N–H and O–H groups in total. The fraction of sp³-hybridized carbons (Fsp3) is 0.452. The van der Waals surface area contributed by atoms with Crippen molar-refractivity contribution in [2.45, 2.75) is 57.3 Å². The minimum absolute atomic E-state index is 0.0642. The number of benzene rings is 2. The SMILES string of the molecule is COc1ccc2c(c1)C(C)(C1C=CCCC1)C(/C=C/c1cc3c4c(c1)CCCN4CCC3)=[N+]2C. The number of ether oxygens (including phenoxy) is 1. The highest BCUT2D eigenvalue weighted by molar-refractivity contribution is 6.06. The van der Waals surface area contributed by atoms with Gasteiger partial charge in [0.15, 0.2) is 5.71 Å². The summed E-state index contributed by atoms with van der Waals surface area (Å²) >= 11 is 0. The Labute approximate surface area is 204 Å². The molecule has 0 saturated heterocycles. The summed E-state index contributed by atoms with van der Waals surface area (Å²) in [6.45, 7) is 4.91. The highest BCUT2D eigenvalue weighted by atomic mass is 16.5. The third-order valence-electron chi connectivity index (χ3n) is 8.80. The number of rotatable bonds is 4. The Kier molecular flexibility index (Phi) is 5.39. The van der Waals surface area contributed by atoms with Crippen molar-refractivity contribution >= 4 is 23.2 Å². The van der Waals surface area contributed by atoms with Crippen molar-refractivity contribution in [2.24, 2.45) is 5.92 Å². The van der Waals surface area contributed by atoms with Gasteiger partial charge in [-0.15, -0.1) is 0 Å². The molecule has 3 nitrogen and oxygen atoms in total. The molecule has 3 heterocycles. The van der Waals surface area contributed by atoms with Gasteiger partial charge in [-0.25, -0.2) is 0 Å². The van der Waals surface area contributed by atoms with Gasteiger partial charge in [-0.1, -0.05) is 12.2 Å². The van der Waals surface area contributed by atoms with Crippen LogP contribution in [0.3, 0.4) is 0 Å². The first-order valence-corrected chi connectivity index (χ1v) is 13.1. The van der Waals surface area contributed by atoms with Crippen LogP contribution in [0.2, 0.25) is 0 Å². The summed E-state index contributed by atoms with van der Waals surface area (Å²) in [5.74, 6) is 1.44. The number of anilines is 1. The van der Waals surface area contributed by atoms with E-state index >= 15 is 0 Å². The molecule has 3 aliphatic heterocycles. The molecule has 3 heteroatoms. The van der Waals surface area contributed by atoms with Crippen LogP contribution in [-0.2, 0) is 18.3 Å². The standard InChI is InChI=1S/C31H37N2O/c1-31(25-11-5-4-6-12-25)27-21-26(34-3)14-15-28(27)32(2)29(31)16-13-22-19-23-9-7-17-33-18-8-10-24(20-22)30(23)33/h5,11,13-16,19-21,25H,4,6-10,12,17-18H2,1-3H3/q+1. The van der Waals surface area contributed by atoms with Crippen LogP contribution in [0.1, 0.15) is 61.3 Å². The lowest BCUT2D eigenvalue weighted by atomic mass is 9.66. The lowest BCUT2D eigenvalue weighted by Gasteiger charge is -2.37. The van der Waals surface area contributed by atoms with E-state index in [-0.39, 0.29) is 5.41 Å². The van der Waals surface area contributed by atoms with Crippen LogP contribution in [0.15, 0.2) is 48.6 Å². The minimum Gasteiger partial charge on any atom is -0.497 e. The molecule has 0 saturated carbocycles.